The second-order valence-corrected chi connectivity index (χ2v) is 8.00. The van der Waals surface area contributed by atoms with Gasteiger partial charge in [0.05, 0.1) is 0 Å². The van der Waals surface area contributed by atoms with Gasteiger partial charge in [-0.2, -0.15) is 8.78 Å². The quantitative estimate of drug-likeness (QED) is 0.226. The van der Waals surface area contributed by atoms with Crippen LogP contribution in [0.3, 0.4) is 0 Å². The number of rotatable bonds is 7. The first-order valence-corrected chi connectivity index (χ1v) is 10.9. The van der Waals surface area contributed by atoms with Crippen LogP contribution >= 0.6 is 0 Å². The van der Waals surface area contributed by atoms with Gasteiger partial charge in [-0.05, 0) is 83.5 Å². The lowest BCUT2D eigenvalue weighted by atomic mass is 10.00. The molecule has 0 fully saturated rings. The van der Waals surface area contributed by atoms with Crippen molar-refractivity contribution in [2.24, 2.45) is 0 Å². The van der Waals surface area contributed by atoms with Crippen LogP contribution in [0, 0.1) is 11.8 Å². The van der Waals surface area contributed by atoms with E-state index in [0.29, 0.717) is 0 Å². The molecule has 0 aromatic heterocycles. The predicted molar refractivity (Wildman–Crippen MR) is 122 cm³/mol. The van der Waals surface area contributed by atoms with E-state index < -0.39 is 6.61 Å². The SMILES string of the molecule is CCCCCCc1ccc2c(c1)Cc1cc(C#Cc3ccc(OC(F)F)cc3)ccc1-2. The van der Waals surface area contributed by atoms with Gasteiger partial charge in [0.15, 0.2) is 0 Å². The smallest absolute Gasteiger partial charge is 0.387 e. The molecule has 1 aliphatic carbocycles. The summed E-state index contributed by atoms with van der Waals surface area (Å²) < 4.78 is 28.9. The Hall–Kier alpha value is -3.12. The second kappa shape index (κ2) is 9.79. The minimum atomic E-state index is -2.82. The summed E-state index contributed by atoms with van der Waals surface area (Å²) in [7, 11) is 0. The maximum Gasteiger partial charge on any atom is 0.387 e. The molecular weight excluding hydrogens is 390 g/mol. The lowest BCUT2D eigenvalue weighted by Gasteiger charge is -2.05. The van der Waals surface area contributed by atoms with Gasteiger partial charge in [-0.25, -0.2) is 0 Å². The Morgan fingerprint density at radius 2 is 1.48 bits per heavy atom. The van der Waals surface area contributed by atoms with E-state index in [0.717, 1.165) is 24.0 Å². The van der Waals surface area contributed by atoms with E-state index in [1.54, 1.807) is 12.1 Å². The zero-order valence-corrected chi connectivity index (χ0v) is 17.8. The third-order valence-corrected chi connectivity index (χ3v) is 5.70. The highest BCUT2D eigenvalue weighted by Gasteiger charge is 2.18. The molecule has 0 unspecified atom stereocenters. The van der Waals surface area contributed by atoms with Crippen molar-refractivity contribution in [1.82, 2.24) is 0 Å². The molecule has 3 aromatic rings. The molecule has 1 nitrogen and oxygen atoms in total. The first-order chi connectivity index (χ1) is 15.1. The minimum absolute atomic E-state index is 0.139. The van der Waals surface area contributed by atoms with Crippen LogP contribution in [0.1, 0.15) is 60.4 Å². The highest BCUT2D eigenvalue weighted by molar-refractivity contribution is 5.77. The van der Waals surface area contributed by atoms with Gasteiger partial charge in [-0.1, -0.05) is 62.3 Å². The molecule has 0 heterocycles. The Morgan fingerprint density at radius 1 is 0.806 bits per heavy atom. The second-order valence-electron chi connectivity index (χ2n) is 8.00. The lowest BCUT2D eigenvalue weighted by molar-refractivity contribution is -0.0498. The van der Waals surface area contributed by atoms with Crippen molar-refractivity contribution >= 4 is 0 Å². The molecule has 0 bridgehead atoms. The van der Waals surface area contributed by atoms with Crippen molar-refractivity contribution in [3.8, 4) is 28.7 Å². The predicted octanol–water partition coefficient (Wildman–Crippen LogP) is 7.38. The Morgan fingerprint density at radius 3 is 2.23 bits per heavy atom. The van der Waals surface area contributed by atoms with Crippen molar-refractivity contribution in [3.05, 3.63) is 88.5 Å². The summed E-state index contributed by atoms with van der Waals surface area (Å²) in [6.45, 7) is -0.572. The molecule has 0 atom stereocenters. The number of alkyl halides is 2. The summed E-state index contributed by atoms with van der Waals surface area (Å²) in [6, 6.07) is 19.7. The van der Waals surface area contributed by atoms with Crippen LogP contribution in [0.15, 0.2) is 60.7 Å². The molecule has 0 saturated heterocycles. The van der Waals surface area contributed by atoms with E-state index in [1.807, 2.05) is 6.07 Å². The maximum absolute atomic E-state index is 12.3. The summed E-state index contributed by atoms with van der Waals surface area (Å²) in [5.41, 5.74) is 8.50. The Labute approximate surface area is 183 Å². The van der Waals surface area contributed by atoms with E-state index in [9.17, 15) is 8.78 Å². The zero-order chi connectivity index (χ0) is 21.6. The Balaban J connectivity index is 1.45. The van der Waals surface area contributed by atoms with Crippen LogP contribution < -0.4 is 4.74 Å². The first-order valence-electron chi connectivity index (χ1n) is 10.9. The number of unbranched alkanes of at least 4 members (excludes halogenated alkanes) is 3. The standard InChI is InChI=1S/C28H26F2O/c1-2-3-4-5-6-21-11-15-26-23(17-21)19-24-18-22(12-16-27(24)26)8-7-20-9-13-25(14-10-20)31-28(29)30/h9-18,28H,2-6,19H2,1H3. The zero-order valence-electron chi connectivity index (χ0n) is 17.8. The molecule has 1 aliphatic rings. The van der Waals surface area contributed by atoms with Crippen LogP contribution in [0.2, 0.25) is 0 Å². The molecule has 3 aromatic carbocycles. The monoisotopic (exact) mass is 416 g/mol. The van der Waals surface area contributed by atoms with Gasteiger partial charge in [-0.3, -0.25) is 0 Å². The first kappa shape index (κ1) is 21.1. The fraction of sp³-hybridized carbons (Fsp3) is 0.286. The summed E-state index contributed by atoms with van der Waals surface area (Å²) in [5.74, 6) is 6.43. The van der Waals surface area contributed by atoms with Gasteiger partial charge >= 0.3 is 6.61 Å². The van der Waals surface area contributed by atoms with Crippen LogP contribution in [0.4, 0.5) is 8.78 Å². The maximum atomic E-state index is 12.3. The van der Waals surface area contributed by atoms with Crippen molar-refractivity contribution in [3.63, 3.8) is 0 Å². The van der Waals surface area contributed by atoms with Crippen molar-refractivity contribution in [2.45, 2.75) is 52.1 Å². The number of hydrogen-bond donors (Lipinski definition) is 0. The molecule has 0 N–H and O–H groups in total. The summed E-state index contributed by atoms with van der Waals surface area (Å²) in [4.78, 5) is 0. The van der Waals surface area contributed by atoms with Gasteiger partial charge in [0.25, 0.3) is 0 Å². The molecule has 0 radical (unpaired) electrons. The topological polar surface area (TPSA) is 9.23 Å². The third-order valence-electron chi connectivity index (χ3n) is 5.70. The molecular formula is C28H26F2O. The van der Waals surface area contributed by atoms with Gasteiger partial charge in [-0.15, -0.1) is 0 Å². The van der Waals surface area contributed by atoms with Crippen molar-refractivity contribution in [2.75, 3.05) is 0 Å². The number of aryl methyl sites for hydroxylation is 1. The molecule has 3 heteroatoms. The van der Waals surface area contributed by atoms with E-state index in [1.165, 1.54) is 65.6 Å². The average molecular weight is 417 g/mol. The number of benzene rings is 3. The molecule has 31 heavy (non-hydrogen) atoms. The van der Waals surface area contributed by atoms with E-state index >= 15 is 0 Å². The fourth-order valence-corrected chi connectivity index (χ4v) is 4.12. The highest BCUT2D eigenvalue weighted by atomic mass is 19.3. The van der Waals surface area contributed by atoms with E-state index in [4.69, 9.17) is 0 Å². The number of fused-ring (bicyclic) bond motifs is 3. The van der Waals surface area contributed by atoms with Gasteiger partial charge in [0.1, 0.15) is 5.75 Å². The van der Waals surface area contributed by atoms with Crippen molar-refractivity contribution < 1.29 is 13.5 Å². The summed E-state index contributed by atoms with van der Waals surface area (Å²) in [5, 5.41) is 0. The van der Waals surface area contributed by atoms with Crippen LogP contribution in [-0.4, -0.2) is 6.61 Å². The minimum Gasteiger partial charge on any atom is -0.435 e. The molecule has 4 rings (SSSR count). The van der Waals surface area contributed by atoms with Crippen molar-refractivity contribution in [1.29, 1.82) is 0 Å². The Bertz CT molecular complexity index is 1100. The summed E-state index contributed by atoms with van der Waals surface area (Å²) >= 11 is 0. The fourth-order valence-electron chi connectivity index (χ4n) is 4.12. The lowest BCUT2D eigenvalue weighted by Crippen LogP contribution is -2.01. The summed E-state index contributed by atoms with van der Waals surface area (Å²) in [6.07, 6.45) is 7.24. The number of halogens is 2. The van der Waals surface area contributed by atoms with Gasteiger partial charge in [0.2, 0.25) is 0 Å². The highest BCUT2D eigenvalue weighted by Crippen LogP contribution is 2.37. The van der Waals surface area contributed by atoms with Crippen LogP contribution in [0.5, 0.6) is 5.75 Å². The number of ether oxygens (including phenoxy) is 1. The van der Waals surface area contributed by atoms with E-state index in [-0.39, 0.29) is 5.75 Å². The number of hydrogen-bond acceptors (Lipinski definition) is 1. The largest absolute Gasteiger partial charge is 0.435 e. The van der Waals surface area contributed by atoms with Gasteiger partial charge < -0.3 is 4.74 Å². The van der Waals surface area contributed by atoms with E-state index in [2.05, 4.69) is 53.8 Å². The normalized spacial score (nSPS) is 11.6. The molecule has 0 spiro atoms. The van der Waals surface area contributed by atoms with Crippen LogP contribution in [0.25, 0.3) is 11.1 Å². The molecule has 0 aliphatic heterocycles. The Kier molecular flexibility index (Phi) is 6.67. The molecule has 158 valence electrons. The molecule has 0 amide bonds. The average Bonchev–Trinajstić information content (AvgIpc) is 3.13. The third kappa shape index (κ3) is 5.33. The van der Waals surface area contributed by atoms with Crippen LogP contribution in [-0.2, 0) is 12.8 Å². The van der Waals surface area contributed by atoms with Gasteiger partial charge in [0, 0.05) is 11.1 Å². The molecule has 0 saturated carbocycles.